The fourth-order valence-electron chi connectivity index (χ4n) is 2.74. The summed E-state index contributed by atoms with van der Waals surface area (Å²) in [6.45, 7) is 0.0394. The molecule has 0 fully saturated rings. The van der Waals surface area contributed by atoms with Crippen LogP contribution in [0.4, 0.5) is 8.78 Å². The molecule has 0 spiro atoms. The van der Waals surface area contributed by atoms with Crippen molar-refractivity contribution < 1.29 is 23.0 Å². The van der Waals surface area contributed by atoms with E-state index in [1.165, 1.54) is 37.1 Å². The predicted octanol–water partition coefficient (Wildman–Crippen LogP) is 4.45. The highest BCUT2D eigenvalue weighted by atomic mass is 32.2. The molecular weight excluding hydrogens is 386 g/mol. The van der Waals surface area contributed by atoms with Crippen molar-refractivity contribution in [1.82, 2.24) is 9.55 Å². The molecule has 28 heavy (non-hydrogen) atoms. The molecule has 8 heteroatoms. The van der Waals surface area contributed by atoms with Gasteiger partial charge in [-0.15, -0.1) is 11.8 Å². The van der Waals surface area contributed by atoms with Crippen LogP contribution in [0.5, 0.6) is 5.75 Å². The van der Waals surface area contributed by atoms with Crippen molar-refractivity contribution in [3.63, 3.8) is 0 Å². The highest BCUT2D eigenvalue weighted by Crippen LogP contribution is 2.31. The quantitative estimate of drug-likeness (QED) is 0.449. The van der Waals surface area contributed by atoms with Crippen molar-refractivity contribution in [3.8, 4) is 17.1 Å². The number of hydrogen-bond donors (Lipinski definition) is 0. The molecule has 3 rings (SSSR count). The Bertz CT molecular complexity index is 1020. The zero-order valence-electron chi connectivity index (χ0n) is 15.5. The summed E-state index contributed by atoms with van der Waals surface area (Å²) in [6, 6.07) is 7.40. The van der Waals surface area contributed by atoms with Crippen LogP contribution in [0, 0.1) is 11.6 Å². The smallest absolute Gasteiger partial charge is 0.339 e. The van der Waals surface area contributed by atoms with Crippen LogP contribution in [0.1, 0.15) is 15.9 Å². The molecule has 0 aliphatic rings. The molecule has 0 atom stereocenters. The van der Waals surface area contributed by atoms with E-state index >= 15 is 0 Å². The average molecular weight is 404 g/mol. The van der Waals surface area contributed by atoms with Gasteiger partial charge in [-0.1, -0.05) is 0 Å². The van der Waals surface area contributed by atoms with Crippen LogP contribution in [0.25, 0.3) is 11.4 Å². The molecule has 0 unspecified atom stereocenters. The summed E-state index contributed by atoms with van der Waals surface area (Å²) in [7, 11) is 3.02. The zero-order valence-corrected chi connectivity index (χ0v) is 16.3. The van der Waals surface area contributed by atoms with E-state index in [0.29, 0.717) is 22.5 Å². The second-order valence-electron chi connectivity index (χ2n) is 6.00. The number of carbonyl (C=O) groups is 1. The van der Waals surface area contributed by atoms with E-state index in [1.807, 2.05) is 6.26 Å². The Morgan fingerprint density at radius 1 is 1.18 bits per heavy atom. The van der Waals surface area contributed by atoms with Gasteiger partial charge in [0.15, 0.2) is 5.75 Å². The van der Waals surface area contributed by atoms with Crippen molar-refractivity contribution in [2.24, 2.45) is 7.05 Å². The fraction of sp³-hybridized carbons (Fsp3) is 0.200. The van der Waals surface area contributed by atoms with E-state index in [-0.39, 0.29) is 18.2 Å². The lowest BCUT2D eigenvalue weighted by Gasteiger charge is -2.12. The minimum atomic E-state index is -0.565. The number of carbonyl (C=O) groups excluding carboxylic acids is 1. The minimum absolute atomic E-state index is 0.0394. The topological polar surface area (TPSA) is 53.4 Å². The molecule has 0 amide bonds. The second-order valence-corrected chi connectivity index (χ2v) is 6.88. The summed E-state index contributed by atoms with van der Waals surface area (Å²) >= 11 is 1.42. The Morgan fingerprint density at radius 3 is 2.68 bits per heavy atom. The highest BCUT2D eigenvalue weighted by molar-refractivity contribution is 7.98. The van der Waals surface area contributed by atoms with Gasteiger partial charge in [0.1, 0.15) is 23.9 Å². The van der Waals surface area contributed by atoms with Gasteiger partial charge in [0.25, 0.3) is 0 Å². The van der Waals surface area contributed by atoms with Crippen LogP contribution in [-0.2, 0) is 18.4 Å². The molecule has 146 valence electrons. The van der Waals surface area contributed by atoms with E-state index < -0.39 is 11.8 Å². The third-order valence-electron chi connectivity index (χ3n) is 4.05. The largest absolute Gasteiger partial charge is 0.486 e. The molecule has 5 nitrogen and oxygen atoms in total. The average Bonchev–Trinajstić information content (AvgIpc) is 3.06. The molecule has 0 aliphatic carbocycles. The summed E-state index contributed by atoms with van der Waals surface area (Å²) in [4.78, 5) is 16.7. The lowest BCUT2D eigenvalue weighted by atomic mass is 10.2. The van der Waals surface area contributed by atoms with Crippen molar-refractivity contribution in [2.75, 3.05) is 13.4 Å². The molecule has 0 N–H and O–H groups in total. The van der Waals surface area contributed by atoms with Gasteiger partial charge in [0.05, 0.1) is 24.6 Å². The van der Waals surface area contributed by atoms with Crippen molar-refractivity contribution in [3.05, 3.63) is 65.5 Å². The molecule has 2 aromatic heterocycles. The van der Waals surface area contributed by atoms with E-state index in [9.17, 15) is 13.6 Å². The molecule has 0 aliphatic heterocycles. The molecule has 2 heterocycles. The standard InChI is InChI=1S/C20H18F2N2O3S/c1-24-10-13(20(25)26-2)6-17(24)19-18(8-15(22)9-23-19)27-11-12-4-14(21)7-16(5-12)28-3/h4-10H,11H2,1-3H3. The van der Waals surface area contributed by atoms with Crippen LogP contribution in [0.3, 0.4) is 0 Å². The first-order valence-electron chi connectivity index (χ1n) is 8.28. The fourth-order valence-corrected chi connectivity index (χ4v) is 3.24. The third kappa shape index (κ3) is 4.33. The van der Waals surface area contributed by atoms with Gasteiger partial charge in [0, 0.05) is 24.2 Å². The minimum Gasteiger partial charge on any atom is -0.486 e. The Labute approximate surface area is 165 Å². The van der Waals surface area contributed by atoms with Gasteiger partial charge in [-0.2, -0.15) is 0 Å². The third-order valence-corrected chi connectivity index (χ3v) is 4.76. The lowest BCUT2D eigenvalue weighted by Crippen LogP contribution is -2.01. The monoisotopic (exact) mass is 404 g/mol. The number of aromatic nitrogens is 2. The van der Waals surface area contributed by atoms with Crippen LogP contribution in [-0.4, -0.2) is 28.9 Å². The van der Waals surface area contributed by atoms with Crippen molar-refractivity contribution in [2.45, 2.75) is 11.5 Å². The highest BCUT2D eigenvalue weighted by Gasteiger charge is 2.17. The van der Waals surface area contributed by atoms with Gasteiger partial charge in [-0.05, 0) is 36.1 Å². The zero-order chi connectivity index (χ0) is 20.3. The molecule has 3 aromatic rings. The number of thioether (sulfide) groups is 1. The Kier molecular flexibility index (Phi) is 5.99. The number of pyridine rings is 1. The lowest BCUT2D eigenvalue weighted by molar-refractivity contribution is 0.0600. The SMILES string of the molecule is COC(=O)c1cc(-c2ncc(F)cc2OCc2cc(F)cc(SC)c2)n(C)c1. The van der Waals surface area contributed by atoms with Crippen LogP contribution in [0.2, 0.25) is 0 Å². The normalized spacial score (nSPS) is 10.8. The maximum absolute atomic E-state index is 13.8. The van der Waals surface area contributed by atoms with Crippen LogP contribution in [0.15, 0.2) is 47.6 Å². The molecule has 0 saturated heterocycles. The summed E-state index contributed by atoms with van der Waals surface area (Å²) in [5, 5.41) is 0. The number of methoxy groups -OCH3 is 1. The Balaban J connectivity index is 1.93. The van der Waals surface area contributed by atoms with Gasteiger partial charge < -0.3 is 14.0 Å². The van der Waals surface area contributed by atoms with E-state index in [0.717, 1.165) is 11.1 Å². The predicted molar refractivity (Wildman–Crippen MR) is 102 cm³/mol. The Hall–Kier alpha value is -2.87. The maximum Gasteiger partial charge on any atom is 0.339 e. The van der Waals surface area contributed by atoms with Gasteiger partial charge in [-0.3, -0.25) is 0 Å². The van der Waals surface area contributed by atoms with Gasteiger partial charge in [0.2, 0.25) is 0 Å². The Morgan fingerprint density at radius 2 is 1.96 bits per heavy atom. The molecule has 0 saturated carbocycles. The number of aryl methyl sites for hydroxylation is 1. The van der Waals surface area contributed by atoms with E-state index in [1.54, 1.807) is 29.9 Å². The van der Waals surface area contributed by atoms with Crippen LogP contribution >= 0.6 is 11.8 Å². The van der Waals surface area contributed by atoms with E-state index in [2.05, 4.69) is 4.98 Å². The molecule has 0 bridgehead atoms. The first-order valence-corrected chi connectivity index (χ1v) is 9.50. The summed E-state index contributed by atoms with van der Waals surface area (Å²) in [6.07, 6.45) is 4.51. The first kappa shape index (κ1) is 19.9. The first-order chi connectivity index (χ1) is 13.4. The maximum atomic E-state index is 13.8. The van der Waals surface area contributed by atoms with Gasteiger partial charge >= 0.3 is 5.97 Å². The molecule has 1 aromatic carbocycles. The second kappa shape index (κ2) is 8.43. The number of benzene rings is 1. The van der Waals surface area contributed by atoms with E-state index in [4.69, 9.17) is 9.47 Å². The number of ether oxygens (including phenoxy) is 2. The molecular formula is C20H18F2N2O3S. The van der Waals surface area contributed by atoms with Crippen molar-refractivity contribution in [1.29, 1.82) is 0 Å². The number of halogens is 2. The van der Waals surface area contributed by atoms with Crippen molar-refractivity contribution >= 4 is 17.7 Å². The molecule has 0 radical (unpaired) electrons. The number of nitrogens with zero attached hydrogens (tertiary/aromatic N) is 2. The summed E-state index contributed by atoms with van der Waals surface area (Å²) in [5.74, 6) is -1.23. The van der Waals surface area contributed by atoms with Crippen LogP contribution < -0.4 is 4.74 Å². The number of esters is 1. The number of hydrogen-bond acceptors (Lipinski definition) is 5. The number of rotatable bonds is 6. The summed E-state index contributed by atoms with van der Waals surface area (Å²) in [5.41, 5.74) is 1.87. The van der Waals surface area contributed by atoms with Gasteiger partial charge in [-0.25, -0.2) is 18.6 Å². The summed E-state index contributed by atoms with van der Waals surface area (Å²) < 4.78 is 39.7.